The maximum absolute atomic E-state index is 12.5. The van der Waals surface area contributed by atoms with Crippen molar-refractivity contribution in [2.75, 3.05) is 12.3 Å². The Morgan fingerprint density at radius 1 is 1.08 bits per heavy atom. The van der Waals surface area contributed by atoms with Crippen molar-refractivity contribution < 1.29 is 9.53 Å². The molecule has 5 nitrogen and oxygen atoms in total. The molecule has 2 aromatic rings. The summed E-state index contributed by atoms with van der Waals surface area (Å²) in [5.41, 5.74) is 9.40. The lowest BCUT2D eigenvalue weighted by Crippen LogP contribution is -2.31. The number of nitrogens with two attached hydrogens (primary N) is 1. The van der Waals surface area contributed by atoms with Gasteiger partial charge in [0, 0.05) is 11.1 Å². The van der Waals surface area contributed by atoms with E-state index in [0.29, 0.717) is 23.6 Å². The first kappa shape index (κ1) is 15.9. The normalized spacial score (nSPS) is 16.7. The maximum Gasteiger partial charge on any atom is 0.339 e. The Labute approximate surface area is 140 Å². The highest BCUT2D eigenvalue weighted by Crippen LogP contribution is 2.44. The third kappa shape index (κ3) is 2.80. The van der Waals surface area contributed by atoms with Gasteiger partial charge in [0.05, 0.1) is 5.57 Å². The summed E-state index contributed by atoms with van der Waals surface area (Å²) >= 11 is 0. The lowest BCUT2D eigenvalue weighted by atomic mass is 9.75. The van der Waals surface area contributed by atoms with Crippen LogP contribution in [0.1, 0.15) is 25.0 Å². The molecule has 0 atom stereocenters. The predicted octanol–water partition coefficient (Wildman–Crippen LogP) is 4.16. The molecule has 0 fully saturated rings. The molecule has 0 saturated carbocycles. The highest BCUT2D eigenvalue weighted by atomic mass is 16.5. The molecular formula is C19H18N2O3. The maximum atomic E-state index is 12.5. The molecule has 122 valence electrons. The topological polar surface area (TPSA) is 81.8 Å². The molecule has 1 aliphatic heterocycles. The van der Waals surface area contributed by atoms with Crippen LogP contribution < -0.4 is 5.73 Å². The van der Waals surface area contributed by atoms with Crippen LogP contribution in [0.4, 0.5) is 11.4 Å². The van der Waals surface area contributed by atoms with Gasteiger partial charge in [-0.1, -0.05) is 38.1 Å². The quantitative estimate of drug-likeness (QED) is 0.522. The van der Waals surface area contributed by atoms with Gasteiger partial charge in [-0.25, -0.2) is 4.79 Å². The Kier molecular flexibility index (Phi) is 3.93. The third-order valence-electron chi connectivity index (χ3n) is 4.13. The molecule has 24 heavy (non-hydrogen) atoms. The predicted molar refractivity (Wildman–Crippen MR) is 94.3 cm³/mol. The average Bonchev–Trinajstić information content (AvgIpc) is 2.57. The zero-order chi connectivity index (χ0) is 17.3. The fourth-order valence-corrected chi connectivity index (χ4v) is 3.01. The minimum absolute atomic E-state index is 0.292. The van der Waals surface area contributed by atoms with E-state index < -0.39 is 0 Å². The minimum Gasteiger partial charge on any atom is -0.461 e. The van der Waals surface area contributed by atoms with Crippen LogP contribution in [0.3, 0.4) is 0 Å². The number of anilines is 1. The van der Waals surface area contributed by atoms with Crippen LogP contribution in [0, 0.1) is 10.3 Å². The van der Waals surface area contributed by atoms with Gasteiger partial charge in [-0.2, -0.15) is 0 Å². The lowest BCUT2D eigenvalue weighted by molar-refractivity contribution is -0.139. The van der Waals surface area contributed by atoms with Crippen molar-refractivity contribution in [3.8, 4) is 0 Å². The fraction of sp³-hybridized carbons (Fsp3) is 0.211. The van der Waals surface area contributed by atoms with E-state index >= 15 is 0 Å². The largest absolute Gasteiger partial charge is 0.461 e. The van der Waals surface area contributed by atoms with Crippen molar-refractivity contribution in [3.05, 3.63) is 64.6 Å². The van der Waals surface area contributed by atoms with E-state index in [1.54, 1.807) is 36.4 Å². The number of carbonyl (C=O) groups is 1. The molecule has 5 heteroatoms. The van der Waals surface area contributed by atoms with Gasteiger partial charge in [0.1, 0.15) is 12.3 Å². The minimum atomic E-state index is -0.371. The SMILES string of the molecule is CC1(C)COC(=O)C(c2cccc(N)c2)=C1c1ccc(N=O)cc1. The summed E-state index contributed by atoms with van der Waals surface area (Å²) in [7, 11) is 0. The average molecular weight is 322 g/mol. The Balaban J connectivity index is 2.27. The van der Waals surface area contributed by atoms with E-state index in [-0.39, 0.29) is 11.4 Å². The van der Waals surface area contributed by atoms with Crippen LogP contribution in [0.25, 0.3) is 11.1 Å². The number of ether oxygens (including phenoxy) is 1. The summed E-state index contributed by atoms with van der Waals surface area (Å²) in [6.07, 6.45) is 0. The number of hydrogen-bond donors (Lipinski definition) is 1. The number of nitrogen functional groups attached to an aromatic ring is 1. The summed E-state index contributed by atoms with van der Waals surface area (Å²) in [5.74, 6) is -0.368. The van der Waals surface area contributed by atoms with Crippen molar-refractivity contribution in [3.63, 3.8) is 0 Å². The second kappa shape index (κ2) is 5.92. The second-order valence-corrected chi connectivity index (χ2v) is 6.47. The lowest BCUT2D eigenvalue weighted by Gasteiger charge is -2.34. The van der Waals surface area contributed by atoms with Gasteiger partial charge in [0.15, 0.2) is 0 Å². The molecule has 1 aliphatic rings. The number of nitrogens with zero attached hydrogens (tertiary/aromatic N) is 1. The van der Waals surface area contributed by atoms with Gasteiger partial charge in [-0.15, -0.1) is 4.91 Å². The van der Waals surface area contributed by atoms with Gasteiger partial charge in [-0.3, -0.25) is 0 Å². The molecular weight excluding hydrogens is 304 g/mol. The molecule has 0 aromatic heterocycles. The van der Waals surface area contributed by atoms with Gasteiger partial charge in [0.2, 0.25) is 0 Å². The van der Waals surface area contributed by atoms with Crippen LogP contribution in [-0.4, -0.2) is 12.6 Å². The molecule has 2 N–H and O–H groups in total. The summed E-state index contributed by atoms with van der Waals surface area (Å²) in [6, 6.07) is 14.1. The van der Waals surface area contributed by atoms with E-state index in [2.05, 4.69) is 5.18 Å². The first-order valence-corrected chi connectivity index (χ1v) is 7.64. The highest BCUT2D eigenvalue weighted by Gasteiger charge is 2.37. The molecule has 0 saturated heterocycles. The molecule has 2 aromatic carbocycles. The third-order valence-corrected chi connectivity index (χ3v) is 4.13. The Morgan fingerprint density at radius 3 is 2.42 bits per heavy atom. The van der Waals surface area contributed by atoms with Crippen molar-refractivity contribution in [1.82, 2.24) is 0 Å². The summed E-state index contributed by atoms with van der Waals surface area (Å²) in [6.45, 7) is 4.33. The zero-order valence-electron chi connectivity index (χ0n) is 13.6. The number of carbonyl (C=O) groups excluding carboxylic acids is 1. The van der Waals surface area contributed by atoms with Gasteiger partial charge >= 0.3 is 5.97 Å². The Bertz CT molecular complexity index is 836. The number of cyclic esters (lactones) is 1. The second-order valence-electron chi connectivity index (χ2n) is 6.47. The number of benzene rings is 2. The van der Waals surface area contributed by atoms with Crippen molar-refractivity contribution >= 4 is 28.5 Å². The first-order chi connectivity index (χ1) is 11.4. The Hall–Kier alpha value is -2.95. The number of hydrogen-bond acceptors (Lipinski definition) is 5. The fourth-order valence-electron chi connectivity index (χ4n) is 3.01. The van der Waals surface area contributed by atoms with Crippen LogP contribution in [0.2, 0.25) is 0 Å². The van der Waals surface area contributed by atoms with Crippen molar-refractivity contribution in [2.45, 2.75) is 13.8 Å². The van der Waals surface area contributed by atoms with Crippen LogP contribution in [0.15, 0.2) is 53.7 Å². The van der Waals surface area contributed by atoms with Gasteiger partial charge in [0.25, 0.3) is 0 Å². The molecule has 0 radical (unpaired) electrons. The van der Waals surface area contributed by atoms with Crippen LogP contribution in [0.5, 0.6) is 0 Å². The van der Waals surface area contributed by atoms with E-state index in [0.717, 1.165) is 16.7 Å². The monoisotopic (exact) mass is 322 g/mol. The number of rotatable bonds is 3. The van der Waals surface area contributed by atoms with Crippen LogP contribution >= 0.6 is 0 Å². The summed E-state index contributed by atoms with van der Waals surface area (Å²) in [5, 5.41) is 2.92. The van der Waals surface area contributed by atoms with Crippen molar-refractivity contribution in [2.24, 2.45) is 10.6 Å². The molecule has 0 aliphatic carbocycles. The molecule has 0 spiro atoms. The zero-order valence-corrected chi connectivity index (χ0v) is 13.6. The van der Waals surface area contributed by atoms with Gasteiger partial charge in [-0.05, 0) is 46.1 Å². The van der Waals surface area contributed by atoms with E-state index in [9.17, 15) is 9.70 Å². The smallest absolute Gasteiger partial charge is 0.339 e. The first-order valence-electron chi connectivity index (χ1n) is 7.64. The summed E-state index contributed by atoms with van der Waals surface area (Å²) in [4.78, 5) is 23.2. The molecule has 0 unspecified atom stereocenters. The number of nitroso groups, excluding NO2 is 1. The van der Waals surface area contributed by atoms with E-state index in [1.807, 2.05) is 26.0 Å². The van der Waals surface area contributed by atoms with E-state index in [1.165, 1.54) is 0 Å². The molecule has 1 heterocycles. The molecule has 3 rings (SSSR count). The van der Waals surface area contributed by atoms with Gasteiger partial charge < -0.3 is 10.5 Å². The molecule has 0 bridgehead atoms. The number of esters is 1. The molecule has 0 amide bonds. The van der Waals surface area contributed by atoms with Crippen molar-refractivity contribution in [1.29, 1.82) is 0 Å². The van der Waals surface area contributed by atoms with Crippen LogP contribution in [-0.2, 0) is 9.53 Å². The summed E-state index contributed by atoms with van der Waals surface area (Å²) < 4.78 is 5.39. The highest BCUT2D eigenvalue weighted by molar-refractivity contribution is 6.26. The van der Waals surface area contributed by atoms with E-state index in [4.69, 9.17) is 10.5 Å². The standard InChI is InChI=1S/C19H18N2O3/c1-19(2)11-24-18(22)16(13-4-3-5-14(20)10-13)17(19)12-6-8-15(21-23)9-7-12/h3-10H,11,20H2,1-2H3. The Morgan fingerprint density at radius 2 is 1.79 bits per heavy atom.